The predicted molar refractivity (Wildman–Crippen MR) is 88.8 cm³/mol. The van der Waals surface area contributed by atoms with Gasteiger partial charge in [0.1, 0.15) is 0 Å². The van der Waals surface area contributed by atoms with Gasteiger partial charge < -0.3 is 0 Å². The molecule has 0 unspecified atom stereocenters. The fourth-order valence-electron chi connectivity index (χ4n) is 0.938. The molecule has 7 nitrogen and oxygen atoms in total. The Morgan fingerprint density at radius 1 is 0.500 bits per heavy atom. The fraction of sp³-hybridized carbons (Fsp3) is 0. The summed E-state index contributed by atoms with van der Waals surface area (Å²) >= 11 is -5.25. The number of pyridine rings is 3. The molecule has 3 heterocycles. The van der Waals surface area contributed by atoms with Crippen LogP contribution in [0, 0.1) is 0 Å². The zero-order valence-corrected chi connectivity index (χ0v) is 15.5. The van der Waals surface area contributed by atoms with E-state index in [1.807, 2.05) is 54.6 Å². The van der Waals surface area contributed by atoms with Crippen LogP contribution in [0.3, 0.4) is 0 Å². The monoisotopic (exact) mass is 435 g/mol. The van der Waals surface area contributed by atoms with E-state index in [0.29, 0.717) is 0 Å². The van der Waals surface area contributed by atoms with Crippen molar-refractivity contribution >= 4 is 17.0 Å². The molecule has 3 aromatic rings. The minimum Gasteiger partial charge on any atom is -0.265 e. The average Bonchev–Trinajstić information content (AvgIpc) is 2.59. The minimum atomic E-state index is -5.25. The molecule has 0 atom stereocenters. The summed E-state index contributed by atoms with van der Waals surface area (Å²) in [5, 5.41) is 0. The minimum absolute atomic E-state index is 0. The second-order valence-corrected chi connectivity index (χ2v) is 4.92. The van der Waals surface area contributed by atoms with E-state index in [0.717, 1.165) is 0 Å². The molecule has 24 heavy (non-hydrogen) atoms. The van der Waals surface area contributed by atoms with Crippen molar-refractivity contribution in [2.75, 3.05) is 0 Å². The Labute approximate surface area is 153 Å². The normalized spacial score (nSPS) is 8.42. The van der Waals surface area contributed by atoms with Crippen LogP contribution in [0.15, 0.2) is 91.8 Å². The molecule has 130 valence electrons. The molecule has 0 aliphatic carbocycles. The molecule has 2 N–H and O–H groups in total. The Balaban J connectivity index is 0. The van der Waals surface area contributed by atoms with Crippen LogP contribution < -0.4 is 0 Å². The molecular formula is C15H18BrCrN3O4. The third kappa shape index (κ3) is 28.2. The van der Waals surface area contributed by atoms with Crippen LogP contribution >= 0.6 is 17.0 Å². The van der Waals surface area contributed by atoms with Crippen molar-refractivity contribution in [1.82, 2.24) is 15.0 Å². The van der Waals surface area contributed by atoms with Crippen molar-refractivity contribution in [3.05, 3.63) is 91.8 Å². The van der Waals surface area contributed by atoms with E-state index in [4.69, 9.17) is 15.9 Å². The van der Waals surface area contributed by atoms with Gasteiger partial charge in [-0.15, -0.1) is 17.0 Å². The van der Waals surface area contributed by atoms with Crippen molar-refractivity contribution < 1.29 is 29.5 Å². The first-order chi connectivity index (χ1) is 11.0. The third-order valence-electron chi connectivity index (χ3n) is 1.70. The van der Waals surface area contributed by atoms with Crippen molar-refractivity contribution in [3.8, 4) is 0 Å². The summed E-state index contributed by atoms with van der Waals surface area (Å²) in [5.41, 5.74) is 0. The molecule has 0 bridgehead atoms. The number of hydrogen-bond donors (Lipinski definition) is 2. The van der Waals surface area contributed by atoms with E-state index >= 15 is 0 Å². The van der Waals surface area contributed by atoms with Gasteiger partial charge in [-0.1, -0.05) is 18.2 Å². The van der Waals surface area contributed by atoms with Gasteiger partial charge in [-0.25, -0.2) is 0 Å². The van der Waals surface area contributed by atoms with Crippen molar-refractivity contribution in [2.45, 2.75) is 0 Å². The van der Waals surface area contributed by atoms with Crippen LogP contribution in [0.5, 0.6) is 0 Å². The molecule has 0 aromatic carbocycles. The van der Waals surface area contributed by atoms with Crippen LogP contribution in [-0.4, -0.2) is 23.3 Å². The summed E-state index contributed by atoms with van der Waals surface area (Å²) in [6.45, 7) is 0. The second-order valence-electron chi connectivity index (χ2n) is 3.52. The van der Waals surface area contributed by atoms with Gasteiger partial charge >= 0.3 is 29.5 Å². The third-order valence-corrected chi connectivity index (χ3v) is 1.70. The molecule has 0 amide bonds. The van der Waals surface area contributed by atoms with Crippen molar-refractivity contribution in [2.24, 2.45) is 0 Å². The molecule has 0 spiro atoms. The van der Waals surface area contributed by atoms with Gasteiger partial charge in [0.25, 0.3) is 0 Å². The Bertz CT molecular complexity index is 512. The van der Waals surface area contributed by atoms with Gasteiger partial charge in [-0.2, -0.15) is 0 Å². The number of hydrogen-bond acceptors (Lipinski definition) is 5. The van der Waals surface area contributed by atoms with Crippen LogP contribution in [0.2, 0.25) is 0 Å². The summed E-state index contributed by atoms with van der Waals surface area (Å²) < 4.78 is 31.9. The Hall–Kier alpha value is -2.02. The maximum Gasteiger partial charge on any atom is 0.0267 e. The Morgan fingerprint density at radius 3 is 0.708 bits per heavy atom. The summed E-state index contributed by atoms with van der Waals surface area (Å²) in [6, 6.07) is 17.1. The van der Waals surface area contributed by atoms with E-state index in [-0.39, 0.29) is 17.0 Å². The summed E-state index contributed by atoms with van der Waals surface area (Å²) in [4.78, 5) is 11.4. The first-order valence-corrected chi connectivity index (χ1v) is 8.43. The van der Waals surface area contributed by atoms with Crippen LogP contribution in [0.25, 0.3) is 0 Å². The zero-order chi connectivity index (χ0) is 17.2. The SMILES string of the molecule is Br.[O]=[Cr](=[O])([OH])[OH].c1ccncc1.c1ccncc1.c1ccncc1. The predicted octanol–water partition coefficient (Wildman–Crippen LogP) is 2.47. The topological polar surface area (TPSA) is 113 Å². The largest absolute Gasteiger partial charge is 0.265 e. The Morgan fingerprint density at radius 2 is 0.667 bits per heavy atom. The van der Waals surface area contributed by atoms with Crippen LogP contribution in [0.1, 0.15) is 0 Å². The maximum absolute atomic E-state index is 8.82. The van der Waals surface area contributed by atoms with Crippen LogP contribution in [0.4, 0.5) is 0 Å². The number of aromatic nitrogens is 3. The molecule has 3 rings (SSSR count). The first-order valence-electron chi connectivity index (χ1n) is 6.25. The second kappa shape index (κ2) is 17.3. The quantitative estimate of drug-likeness (QED) is 0.557. The van der Waals surface area contributed by atoms with Gasteiger partial charge in [0, 0.05) is 37.2 Å². The first kappa shape index (κ1) is 24.2. The van der Waals surface area contributed by atoms with E-state index in [9.17, 15) is 0 Å². The average molecular weight is 436 g/mol. The number of nitrogens with zero attached hydrogens (tertiary/aromatic N) is 3. The molecule has 0 saturated heterocycles. The smallest absolute Gasteiger partial charge is 0.0267 e. The van der Waals surface area contributed by atoms with Gasteiger partial charge in [0.15, 0.2) is 0 Å². The maximum atomic E-state index is 8.82. The van der Waals surface area contributed by atoms with E-state index in [2.05, 4.69) is 15.0 Å². The van der Waals surface area contributed by atoms with Gasteiger partial charge in [0.2, 0.25) is 0 Å². The summed E-state index contributed by atoms with van der Waals surface area (Å²) in [5.74, 6) is 0. The Kier molecular flexibility index (Phi) is 17.5. The summed E-state index contributed by atoms with van der Waals surface area (Å²) in [7, 11) is 0. The molecule has 0 saturated carbocycles. The molecule has 0 aliphatic rings. The molecule has 0 aliphatic heterocycles. The van der Waals surface area contributed by atoms with Crippen molar-refractivity contribution in [1.29, 1.82) is 0 Å². The van der Waals surface area contributed by atoms with Gasteiger partial charge in [-0.3, -0.25) is 15.0 Å². The van der Waals surface area contributed by atoms with Gasteiger partial charge in [0.05, 0.1) is 0 Å². The molecule has 3 aromatic heterocycles. The molecular weight excluding hydrogens is 418 g/mol. The fourth-order valence-corrected chi connectivity index (χ4v) is 0.938. The van der Waals surface area contributed by atoms with E-state index in [1.165, 1.54) is 0 Å². The zero-order valence-electron chi connectivity index (χ0n) is 12.5. The van der Waals surface area contributed by atoms with Gasteiger partial charge in [-0.05, 0) is 36.4 Å². The number of halogens is 1. The van der Waals surface area contributed by atoms with E-state index in [1.54, 1.807) is 37.2 Å². The molecule has 9 heteroatoms. The van der Waals surface area contributed by atoms with Crippen molar-refractivity contribution in [3.63, 3.8) is 0 Å². The van der Waals surface area contributed by atoms with E-state index < -0.39 is 13.6 Å². The number of rotatable bonds is 0. The molecule has 0 fully saturated rings. The summed E-state index contributed by atoms with van der Waals surface area (Å²) in [6.07, 6.45) is 10.5. The van der Waals surface area contributed by atoms with Crippen LogP contribution in [-0.2, 0) is 21.2 Å². The standard InChI is InChI=1S/3C5H5N.BrH.Cr.2H2O.2O/c3*1-2-4-6-5-3-1;;;;;;/h3*1-5H;1H;;2*1H2;;/q;;;;+2;;;;/p-2. The molecule has 0 radical (unpaired) electrons.